The molecule has 2 aliphatic rings. The summed E-state index contributed by atoms with van der Waals surface area (Å²) in [7, 11) is 2.60. The van der Waals surface area contributed by atoms with Crippen molar-refractivity contribution in [2.45, 2.75) is 25.7 Å². The maximum atomic E-state index is 11.4. The second-order valence-corrected chi connectivity index (χ2v) is 9.65. The van der Waals surface area contributed by atoms with Crippen molar-refractivity contribution in [3.63, 3.8) is 0 Å². The molecule has 0 bridgehead atoms. The second kappa shape index (κ2) is 15.6. The number of nitrogens with one attached hydrogen (secondary N) is 2. The largest absolute Gasteiger partial charge is 0.465 e. The van der Waals surface area contributed by atoms with Gasteiger partial charge in [0.1, 0.15) is 5.69 Å². The standard InChI is InChI=1S/C14H18N2O5.C14H20N2O3/c1-20-14(17)11-2-3-12(13(8-11)16(18)19)15-9-10-4-6-21-7-5-10;1-18-14(17)11-2-3-13(12(15)8-11)16-9-10-4-6-19-7-5-10/h2-3,8,10,15H,4-7,9H2,1H3;2-3,8,10,16H,4-7,9,15H2,1H3. The van der Waals surface area contributed by atoms with Crippen LogP contribution in [0, 0.1) is 22.0 Å². The Labute approximate surface area is 233 Å². The van der Waals surface area contributed by atoms with E-state index in [1.807, 2.05) is 6.07 Å². The van der Waals surface area contributed by atoms with Gasteiger partial charge in [0.05, 0.1) is 41.6 Å². The number of anilines is 3. The molecule has 2 aliphatic heterocycles. The topological polar surface area (TPSA) is 164 Å². The summed E-state index contributed by atoms with van der Waals surface area (Å²) in [6.45, 7) is 4.67. The SMILES string of the molecule is COC(=O)c1ccc(NCC2CCOCC2)c(N)c1.COC(=O)c1ccc(NCC2CCOCC2)c([N+](=O)[O-])c1. The number of nitrogens with two attached hydrogens (primary N) is 1. The van der Waals surface area contributed by atoms with E-state index in [2.05, 4.69) is 20.1 Å². The van der Waals surface area contributed by atoms with Gasteiger partial charge in [-0.2, -0.15) is 0 Å². The zero-order valence-electron chi connectivity index (χ0n) is 23.0. The van der Waals surface area contributed by atoms with Gasteiger partial charge in [0, 0.05) is 45.6 Å². The summed E-state index contributed by atoms with van der Waals surface area (Å²) >= 11 is 0. The number of carbonyl (C=O) groups is 2. The Kier molecular flexibility index (Phi) is 12.0. The van der Waals surface area contributed by atoms with E-state index in [4.69, 9.17) is 15.2 Å². The lowest BCUT2D eigenvalue weighted by atomic mass is 10.0. The summed E-state index contributed by atoms with van der Waals surface area (Å²) < 4.78 is 19.8. The molecule has 0 spiro atoms. The molecule has 0 amide bonds. The molecule has 0 atom stereocenters. The lowest BCUT2D eigenvalue weighted by Crippen LogP contribution is -2.23. The third-order valence-corrected chi connectivity index (χ3v) is 6.93. The van der Waals surface area contributed by atoms with Gasteiger partial charge in [-0.05, 0) is 67.9 Å². The molecule has 0 saturated carbocycles. The summed E-state index contributed by atoms with van der Waals surface area (Å²) in [5, 5.41) is 17.6. The van der Waals surface area contributed by atoms with E-state index in [1.54, 1.807) is 18.2 Å². The van der Waals surface area contributed by atoms with Crippen LogP contribution in [0.4, 0.5) is 22.7 Å². The predicted octanol–water partition coefficient (Wildman–Crippen LogP) is 4.11. The molecule has 0 aliphatic carbocycles. The number of nitrogens with zero attached hydrogens (tertiary/aromatic N) is 1. The molecule has 0 aromatic heterocycles. The van der Waals surface area contributed by atoms with Gasteiger partial charge in [0.15, 0.2) is 0 Å². The fraction of sp³-hybridized carbons (Fsp3) is 0.500. The third-order valence-electron chi connectivity index (χ3n) is 6.93. The van der Waals surface area contributed by atoms with Crippen molar-refractivity contribution in [3.05, 3.63) is 57.6 Å². The molecular weight excluding hydrogens is 520 g/mol. The monoisotopic (exact) mass is 558 g/mol. The number of hydrogen-bond donors (Lipinski definition) is 3. The Morgan fingerprint density at radius 2 is 1.30 bits per heavy atom. The molecule has 2 aromatic carbocycles. The van der Waals surface area contributed by atoms with Crippen molar-refractivity contribution in [2.24, 2.45) is 11.8 Å². The Hall–Kier alpha value is -3.90. The van der Waals surface area contributed by atoms with E-state index in [-0.39, 0.29) is 17.2 Å². The summed E-state index contributed by atoms with van der Waals surface area (Å²) in [4.78, 5) is 33.4. The van der Waals surface area contributed by atoms with Crippen molar-refractivity contribution in [1.82, 2.24) is 0 Å². The van der Waals surface area contributed by atoms with Crippen molar-refractivity contribution in [2.75, 3.05) is 70.1 Å². The number of nitrogen functional groups attached to an aromatic ring is 1. The van der Waals surface area contributed by atoms with Gasteiger partial charge in [0.25, 0.3) is 5.69 Å². The summed E-state index contributed by atoms with van der Waals surface area (Å²) in [5.74, 6) is 0.101. The molecular formula is C28H38N4O8. The number of ether oxygens (including phenoxy) is 4. The number of rotatable bonds is 9. The average molecular weight is 559 g/mol. The average Bonchev–Trinajstić information content (AvgIpc) is 2.99. The van der Waals surface area contributed by atoms with Crippen molar-refractivity contribution >= 4 is 34.7 Å². The van der Waals surface area contributed by atoms with Crippen LogP contribution in [0.2, 0.25) is 0 Å². The van der Waals surface area contributed by atoms with E-state index in [0.29, 0.717) is 35.3 Å². The maximum Gasteiger partial charge on any atom is 0.338 e. The number of benzene rings is 2. The van der Waals surface area contributed by atoms with Gasteiger partial charge in [-0.3, -0.25) is 10.1 Å². The number of esters is 2. The minimum absolute atomic E-state index is 0.120. The first-order chi connectivity index (χ1) is 19.3. The van der Waals surface area contributed by atoms with Crippen LogP contribution < -0.4 is 16.4 Å². The van der Waals surface area contributed by atoms with Crippen LogP contribution >= 0.6 is 0 Å². The number of nitro groups is 1. The highest BCUT2D eigenvalue weighted by Crippen LogP contribution is 2.27. The first-order valence-corrected chi connectivity index (χ1v) is 13.3. The van der Waals surface area contributed by atoms with Crippen molar-refractivity contribution in [3.8, 4) is 0 Å². The highest BCUT2D eigenvalue weighted by atomic mass is 16.6. The first kappa shape index (κ1) is 30.6. The number of methoxy groups -OCH3 is 2. The van der Waals surface area contributed by atoms with Crippen LogP contribution in [0.3, 0.4) is 0 Å². The van der Waals surface area contributed by atoms with Crippen LogP contribution in [-0.4, -0.2) is 70.6 Å². The highest BCUT2D eigenvalue weighted by molar-refractivity contribution is 5.92. The molecule has 218 valence electrons. The van der Waals surface area contributed by atoms with Gasteiger partial charge in [-0.15, -0.1) is 0 Å². The summed E-state index contributed by atoms with van der Waals surface area (Å²) in [5.41, 5.74) is 8.29. The molecule has 2 aromatic rings. The lowest BCUT2D eigenvalue weighted by Gasteiger charge is -2.23. The van der Waals surface area contributed by atoms with Crippen molar-refractivity contribution in [1.29, 1.82) is 0 Å². The minimum Gasteiger partial charge on any atom is -0.465 e. The van der Waals surface area contributed by atoms with Crippen LogP contribution in [0.1, 0.15) is 46.4 Å². The van der Waals surface area contributed by atoms with Gasteiger partial charge >= 0.3 is 11.9 Å². The fourth-order valence-corrected chi connectivity index (χ4v) is 4.46. The molecule has 4 rings (SSSR count). The minimum atomic E-state index is -0.589. The van der Waals surface area contributed by atoms with E-state index in [0.717, 1.165) is 64.3 Å². The molecule has 2 heterocycles. The van der Waals surface area contributed by atoms with E-state index in [1.165, 1.54) is 26.4 Å². The van der Waals surface area contributed by atoms with Crippen LogP contribution in [0.5, 0.6) is 0 Å². The molecule has 4 N–H and O–H groups in total. The number of carbonyl (C=O) groups excluding carboxylic acids is 2. The third kappa shape index (κ3) is 9.09. The fourth-order valence-electron chi connectivity index (χ4n) is 4.46. The Morgan fingerprint density at radius 3 is 1.75 bits per heavy atom. The van der Waals surface area contributed by atoms with Crippen molar-refractivity contribution < 1.29 is 33.5 Å². The van der Waals surface area contributed by atoms with Gasteiger partial charge in [0.2, 0.25) is 0 Å². The quantitative estimate of drug-likeness (QED) is 0.175. The predicted molar refractivity (Wildman–Crippen MR) is 151 cm³/mol. The number of nitro benzene ring substituents is 1. The molecule has 12 heteroatoms. The Bertz CT molecular complexity index is 1150. The summed E-state index contributed by atoms with van der Waals surface area (Å²) in [6, 6.07) is 9.47. The normalized spacial score (nSPS) is 15.8. The molecule has 0 radical (unpaired) electrons. The molecule has 40 heavy (non-hydrogen) atoms. The highest BCUT2D eigenvalue weighted by Gasteiger charge is 2.20. The molecule has 2 saturated heterocycles. The smallest absolute Gasteiger partial charge is 0.338 e. The van der Waals surface area contributed by atoms with Gasteiger partial charge in [-0.25, -0.2) is 9.59 Å². The first-order valence-electron chi connectivity index (χ1n) is 13.3. The zero-order chi connectivity index (χ0) is 28.9. The molecule has 12 nitrogen and oxygen atoms in total. The van der Waals surface area contributed by atoms with Gasteiger partial charge < -0.3 is 35.3 Å². The molecule has 0 unspecified atom stereocenters. The Balaban J connectivity index is 0.000000222. The Morgan fingerprint density at radius 1 is 0.850 bits per heavy atom. The maximum absolute atomic E-state index is 11.4. The van der Waals surface area contributed by atoms with E-state index >= 15 is 0 Å². The van der Waals surface area contributed by atoms with Crippen LogP contribution in [0.15, 0.2) is 36.4 Å². The number of hydrogen-bond acceptors (Lipinski definition) is 11. The zero-order valence-corrected chi connectivity index (χ0v) is 23.0. The van der Waals surface area contributed by atoms with Crippen LogP contribution in [0.25, 0.3) is 0 Å². The van der Waals surface area contributed by atoms with E-state index < -0.39 is 10.9 Å². The summed E-state index contributed by atoms with van der Waals surface area (Å²) in [6.07, 6.45) is 4.04. The van der Waals surface area contributed by atoms with E-state index in [9.17, 15) is 19.7 Å². The molecule has 2 fully saturated rings. The second-order valence-electron chi connectivity index (χ2n) is 9.65. The lowest BCUT2D eigenvalue weighted by molar-refractivity contribution is -0.384. The van der Waals surface area contributed by atoms with Gasteiger partial charge in [-0.1, -0.05) is 0 Å². The van der Waals surface area contributed by atoms with Crippen LogP contribution in [-0.2, 0) is 18.9 Å².